The van der Waals surface area contributed by atoms with Crippen LogP contribution in [0.3, 0.4) is 0 Å². The molecule has 0 aromatic carbocycles. The van der Waals surface area contributed by atoms with Gasteiger partial charge in [-0.3, -0.25) is 0 Å². The fraction of sp³-hybridized carbons (Fsp3) is 0.444. The molecule has 0 bridgehead atoms. The molecule has 0 radical (unpaired) electrons. The van der Waals surface area contributed by atoms with Crippen LogP contribution in [0.1, 0.15) is 5.56 Å². The summed E-state index contributed by atoms with van der Waals surface area (Å²) in [5, 5.41) is 0. The minimum Gasteiger partial charge on any atom is -0.384 e. The van der Waals surface area contributed by atoms with E-state index < -0.39 is 0 Å². The second-order valence-electron chi connectivity index (χ2n) is 3.01. The van der Waals surface area contributed by atoms with Crippen LogP contribution in [0, 0.1) is 0 Å². The summed E-state index contributed by atoms with van der Waals surface area (Å²) >= 11 is 0. The van der Waals surface area contributed by atoms with Crippen LogP contribution in [0.15, 0.2) is 18.3 Å². The highest BCUT2D eigenvalue weighted by atomic mass is 16.5. The van der Waals surface area contributed by atoms with Crippen molar-refractivity contribution in [1.82, 2.24) is 4.98 Å². The molecule has 0 aliphatic rings. The van der Waals surface area contributed by atoms with Crippen molar-refractivity contribution in [2.45, 2.75) is 12.5 Å². The maximum Gasteiger partial charge on any atom is 0.123 e. The third kappa shape index (κ3) is 3.40. The zero-order valence-corrected chi connectivity index (χ0v) is 7.73. The van der Waals surface area contributed by atoms with Crippen LogP contribution in [0.5, 0.6) is 0 Å². The van der Waals surface area contributed by atoms with Crippen molar-refractivity contribution < 1.29 is 4.74 Å². The van der Waals surface area contributed by atoms with Crippen LogP contribution in [-0.4, -0.2) is 24.7 Å². The van der Waals surface area contributed by atoms with Gasteiger partial charge in [-0.2, -0.15) is 0 Å². The lowest BCUT2D eigenvalue weighted by Gasteiger charge is -2.09. The van der Waals surface area contributed by atoms with Crippen LogP contribution in [0.4, 0.5) is 5.82 Å². The Morgan fingerprint density at radius 2 is 2.38 bits per heavy atom. The van der Waals surface area contributed by atoms with Gasteiger partial charge in [0.1, 0.15) is 5.82 Å². The van der Waals surface area contributed by atoms with E-state index in [1.165, 1.54) is 0 Å². The first kappa shape index (κ1) is 9.95. The first-order valence-corrected chi connectivity index (χ1v) is 4.17. The van der Waals surface area contributed by atoms with Crippen LogP contribution in [0.2, 0.25) is 0 Å². The van der Waals surface area contributed by atoms with E-state index in [0.29, 0.717) is 12.4 Å². The van der Waals surface area contributed by atoms with Gasteiger partial charge in [-0.05, 0) is 24.1 Å². The summed E-state index contributed by atoms with van der Waals surface area (Å²) in [4.78, 5) is 3.90. The summed E-state index contributed by atoms with van der Waals surface area (Å²) in [7, 11) is 1.64. The number of hydrogen-bond donors (Lipinski definition) is 2. The number of hydrogen-bond acceptors (Lipinski definition) is 4. The number of aromatic nitrogens is 1. The van der Waals surface area contributed by atoms with E-state index in [9.17, 15) is 0 Å². The lowest BCUT2D eigenvalue weighted by atomic mass is 10.1. The number of pyridine rings is 1. The van der Waals surface area contributed by atoms with Gasteiger partial charge in [-0.1, -0.05) is 0 Å². The second-order valence-corrected chi connectivity index (χ2v) is 3.01. The molecule has 13 heavy (non-hydrogen) atoms. The van der Waals surface area contributed by atoms with Crippen LogP contribution >= 0.6 is 0 Å². The van der Waals surface area contributed by atoms with Crippen LogP contribution in [0.25, 0.3) is 0 Å². The molecule has 1 unspecified atom stereocenters. The normalized spacial score (nSPS) is 12.8. The van der Waals surface area contributed by atoms with Crippen molar-refractivity contribution in [3.8, 4) is 0 Å². The maximum atomic E-state index is 5.78. The fourth-order valence-electron chi connectivity index (χ4n) is 1.20. The average Bonchev–Trinajstić information content (AvgIpc) is 2.04. The van der Waals surface area contributed by atoms with Gasteiger partial charge in [-0.15, -0.1) is 0 Å². The molecule has 0 aliphatic carbocycles. The Labute approximate surface area is 77.9 Å². The summed E-state index contributed by atoms with van der Waals surface area (Å²) in [5.74, 6) is 0.530. The summed E-state index contributed by atoms with van der Waals surface area (Å²) in [6.45, 7) is 0.558. The first-order valence-electron chi connectivity index (χ1n) is 4.17. The lowest BCUT2D eigenvalue weighted by molar-refractivity contribution is 0.180. The third-order valence-corrected chi connectivity index (χ3v) is 1.72. The van der Waals surface area contributed by atoms with Crippen LogP contribution in [-0.2, 0) is 11.2 Å². The number of nitrogen functional groups attached to an aromatic ring is 1. The molecule has 4 heteroatoms. The van der Waals surface area contributed by atoms with E-state index in [1.54, 1.807) is 13.3 Å². The molecule has 4 nitrogen and oxygen atoms in total. The number of methoxy groups -OCH3 is 1. The maximum absolute atomic E-state index is 5.78. The Hall–Kier alpha value is -1.13. The fourth-order valence-corrected chi connectivity index (χ4v) is 1.20. The summed E-state index contributed by atoms with van der Waals surface area (Å²) in [5.41, 5.74) is 12.4. The molecule has 0 saturated carbocycles. The highest BCUT2D eigenvalue weighted by molar-refractivity contribution is 5.32. The number of nitrogens with zero attached hydrogens (tertiary/aromatic N) is 1. The van der Waals surface area contributed by atoms with Crippen LogP contribution < -0.4 is 11.5 Å². The zero-order chi connectivity index (χ0) is 9.68. The summed E-state index contributed by atoms with van der Waals surface area (Å²) in [6, 6.07) is 3.76. The summed E-state index contributed by atoms with van der Waals surface area (Å²) in [6.07, 6.45) is 2.45. The van der Waals surface area contributed by atoms with Crippen molar-refractivity contribution in [2.75, 3.05) is 19.5 Å². The lowest BCUT2D eigenvalue weighted by Crippen LogP contribution is -2.28. The van der Waals surface area contributed by atoms with E-state index in [0.717, 1.165) is 12.0 Å². The molecule has 72 valence electrons. The summed E-state index contributed by atoms with van der Waals surface area (Å²) < 4.78 is 4.93. The molecule has 0 fully saturated rings. The molecule has 1 atom stereocenters. The Morgan fingerprint density at radius 3 is 3.00 bits per heavy atom. The number of rotatable bonds is 4. The number of ether oxygens (including phenoxy) is 1. The number of nitrogens with two attached hydrogens (primary N) is 2. The molecule has 0 aliphatic heterocycles. The Morgan fingerprint density at radius 1 is 1.62 bits per heavy atom. The average molecular weight is 181 g/mol. The molecular formula is C9H15N3O. The molecule has 0 saturated heterocycles. The second kappa shape index (κ2) is 4.79. The van der Waals surface area contributed by atoms with Crippen molar-refractivity contribution in [3.63, 3.8) is 0 Å². The van der Waals surface area contributed by atoms with E-state index in [-0.39, 0.29) is 6.04 Å². The van der Waals surface area contributed by atoms with E-state index in [4.69, 9.17) is 16.2 Å². The van der Waals surface area contributed by atoms with Gasteiger partial charge >= 0.3 is 0 Å². The Bertz CT molecular complexity index is 265. The molecule has 1 aromatic rings. The molecule has 0 amide bonds. The third-order valence-electron chi connectivity index (χ3n) is 1.72. The van der Waals surface area contributed by atoms with Gasteiger partial charge in [0, 0.05) is 19.3 Å². The first-order chi connectivity index (χ1) is 6.22. The highest BCUT2D eigenvalue weighted by Gasteiger charge is 2.03. The van der Waals surface area contributed by atoms with Gasteiger partial charge in [0.2, 0.25) is 0 Å². The van der Waals surface area contributed by atoms with Crippen molar-refractivity contribution in [2.24, 2.45) is 5.73 Å². The van der Waals surface area contributed by atoms with Gasteiger partial charge in [0.25, 0.3) is 0 Å². The molecule has 4 N–H and O–H groups in total. The smallest absolute Gasteiger partial charge is 0.123 e. The number of anilines is 1. The predicted molar refractivity (Wildman–Crippen MR) is 52.2 cm³/mol. The molecular weight excluding hydrogens is 166 g/mol. The van der Waals surface area contributed by atoms with Gasteiger partial charge in [0.15, 0.2) is 0 Å². The molecule has 1 heterocycles. The predicted octanol–water partition coefficient (Wildman–Crippen LogP) is 0.180. The van der Waals surface area contributed by atoms with Crippen molar-refractivity contribution in [3.05, 3.63) is 23.9 Å². The van der Waals surface area contributed by atoms with Gasteiger partial charge in [0.05, 0.1) is 6.61 Å². The monoisotopic (exact) mass is 181 g/mol. The Kier molecular flexibility index (Phi) is 3.67. The molecule has 1 aromatic heterocycles. The van der Waals surface area contributed by atoms with E-state index in [1.807, 2.05) is 12.1 Å². The standard InChI is InChI=1S/C9H15N3O/c1-13-6-8(10)4-7-2-3-12-9(11)5-7/h2-3,5,8H,4,6,10H2,1H3,(H2,11,12). The van der Waals surface area contributed by atoms with Gasteiger partial charge in [-0.25, -0.2) is 4.98 Å². The minimum absolute atomic E-state index is 0.0202. The molecule has 0 spiro atoms. The Balaban J connectivity index is 2.53. The van der Waals surface area contributed by atoms with E-state index in [2.05, 4.69) is 4.98 Å². The van der Waals surface area contributed by atoms with E-state index >= 15 is 0 Å². The highest BCUT2D eigenvalue weighted by Crippen LogP contribution is 2.05. The SMILES string of the molecule is COCC(N)Cc1ccnc(N)c1. The topological polar surface area (TPSA) is 74.2 Å². The quantitative estimate of drug-likeness (QED) is 0.695. The largest absolute Gasteiger partial charge is 0.384 e. The molecule has 1 rings (SSSR count). The minimum atomic E-state index is 0.0202. The zero-order valence-electron chi connectivity index (χ0n) is 7.73. The van der Waals surface area contributed by atoms with Gasteiger partial charge < -0.3 is 16.2 Å². The van der Waals surface area contributed by atoms with Crippen molar-refractivity contribution in [1.29, 1.82) is 0 Å². The van der Waals surface area contributed by atoms with Crippen molar-refractivity contribution >= 4 is 5.82 Å².